The smallest absolute Gasteiger partial charge is 0.344 e. The number of aliphatic imine (C=N–C) groups is 1. The molecule has 11 heteroatoms. The molecule has 2 aromatic carbocycles. The van der Waals surface area contributed by atoms with Gasteiger partial charge in [0.25, 0.3) is 5.91 Å². The van der Waals surface area contributed by atoms with Crippen molar-refractivity contribution in [3.8, 4) is 11.5 Å². The fraction of sp³-hybridized carbons (Fsp3) is 0.231. The Morgan fingerprint density at radius 3 is 2.46 bits per heavy atom. The zero-order valence-corrected chi connectivity index (χ0v) is 21.9. The Morgan fingerprint density at radius 1 is 1.05 bits per heavy atom. The van der Waals surface area contributed by atoms with Crippen LogP contribution < -0.4 is 9.47 Å². The molecule has 0 unspecified atom stereocenters. The molecule has 37 heavy (non-hydrogen) atoms. The van der Waals surface area contributed by atoms with Crippen LogP contribution in [0.1, 0.15) is 29.8 Å². The molecule has 0 fully saturated rings. The minimum absolute atomic E-state index is 0.0199. The summed E-state index contributed by atoms with van der Waals surface area (Å²) in [5.74, 6) is -1.74. The summed E-state index contributed by atoms with van der Waals surface area (Å²) < 4.78 is 20.7. The van der Waals surface area contributed by atoms with Crippen molar-refractivity contribution in [3.63, 3.8) is 0 Å². The highest BCUT2D eigenvalue weighted by Crippen LogP contribution is 2.40. The van der Waals surface area contributed by atoms with Gasteiger partial charge >= 0.3 is 11.9 Å². The molecule has 0 aromatic heterocycles. The zero-order valence-electron chi connectivity index (χ0n) is 20.3. The van der Waals surface area contributed by atoms with E-state index in [1.54, 1.807) is 56.3 Å². The minimum atomic E-state index is -0.818. The maximum atomic E-state index is 12.8. The Balaban J connectivity index is 1.94. The van der Waals surface area contributed by atoms with Crippen LogP contribution in [0.15, 0.2) is 63.7 Å². The lowest BCUT2D eigenvalue weighted by Gasteiger charge is -2.11. The molecular formula is C26H24ClNO8S. The second kappa shape index (κ2) is 13.0. The normalized spacial score (nSPS) is 15.1. The summed E-state index contributed by atoms with van der Waals surface area (Å²) in [7, 11) is 1.44. The van der Waals surface area contributed by atoms with Crippen LogP contribution in [0.3, 0.4) is 0 Å². The standard InChI is InChI=1S/C26H24ClNO8S/c1-4-34-21(29)14-36-18-11-10-15(12-19(18)33-3)13-20-23(30)22(26(32)35-5-2)25(37-20)28-24(31)16-8-6-7-9-17(16)27/h6-13,30H,4-5,14H2,1-3H3/b20-13-,28-25?. The van der Waals surface area contributed by atoms with E-state index in [0.717, 1.165) is 11.8 Å². The lowest BCUT2D eigenvalue weighted by molar-refractivity contribution is -0.145. The quantitative estimate of drug-likeness (QED) is 0.434. The number of carbonyl (C=O) groups excluding carboxylic acids is 3. The monoisotopic (exact) mass is 545 g/mol. The van der Waals surface area contributed by atoms with Crippen molar-refractivity contribution in [2.75, 3.05) is 26.9 Å². The summed E-state index contributed by atoms with van der Waals surface area (Å²) in [6.45, 7) is 3.34. The molecule has 3 rings (SSSR count). The van der Waals surface area contributed by atoms with E-state index in [4.69, 9.17) is 30.5 Å². The molecular weight excluding hydrogens is 522 g/mol. The number of rotatable bonds is 9. The first-order valence-electron chi connectivity index (χ1n) is 11.1. The van der Waals surface area contributed by atoms with Gasteiger partial charge in [0.1, 0.15) is 16.4 Å². The summed E-state index contributed by atoms with van der Waals surface area (Å²) in [6.07, 6.45) is 1.58. The van der Waals surface area contributed by atoms with E-state index in [1.165, 1.54) is 13.2 Å². The molecule has 1 aliphatic heterocycles. The number of aliphatic hydroxyl groups is 1. The molecule has 0 spiro atoms. The van der Waals surface area contributed by atoms with Crippen LogP contribution in [0.25, 0.3) is 6.08 Å². The molecule has 0 saturated heterocycles. The number of carbonyl (C=O) groups is 3. The molecule has 1 heterocycles. The number of nitrogens with zero attached hydrogens (tertiary/aromatic N) is 1. The Bertz CT molecular complexity index is 1300. The van der Waals surface area contributed by atoms with E-state index >= 15 is 0 Å². The van der Waals surface area contributed by atoms with Gasteiger partial charge in [0, 0.05) is 0 Å². The SMILES string of the molecule is CCOC(=O)COc1ccc(/C=C2\SC(=NC(=O)c3ccccc3Cl)C(C(=O)OCC)=C2O)cc1OC. The van der Waals surface area contributed by atoms with Crippen molar-refractivity contribution in [1.82, 2.24) is 0 Å². The molecule has 0 radical (unpaired) electrons. The van der Waals surface area contributed by atoms with E-state index < -0.39 is 17.8 Å². The number of ether oxygens (including phenoxy) is 4. The molecule has 2 aromatic rings. The highest BCUT2D eigenvalue weighted by molar-refractivity contribution is 8.18. The third-order valence-corrected chi connectivity index (χ3v) is 6.16. The van der Waals surface area contributed by atoms with Crippen LogP contribution in [0.4, 0.5) is 0 Å². The lowest BCUT2D eigenvalue weighted by atomic mass is 10.1. The van der Waals surface area contributed by atoms with Crippen molar-refractivity contribution in [3.05, 3.63) is 74.9 Å². The van der Waals surface area contributed by atoms with E-state index in [2.05, 4.69) is 4.99 Å². The van der Waals surface area contributed by atoms with Crippen molar-refractivity contribution < 1.29 is 38.4 Å². The van der Waals surface area contributed by atoms with Gasteiger partial charge in [0.15, 0.2) is 18.1 Å². The number of methoxy groups -OCH3 is 1. The van der Waals surface area contributed by atoms with Crippen LogP contribution >= 0.6 is 23.4 Å². The number of hydrogen-bond acceptors (Lipinski definition) is 9. The van der Waals surface area contributed by atoms with Crippen molar-refractivity contribution in [1.29, 1.82) is 0 Å². The van der Waals surface area contributed by atoms with Gasteiger partial charge in [0.2, 0.25) is 0 Å². The Hall–Kier alpha value is -3.76. The molecule has 0 aliphatic carbocycles. The zero-order chi connectivity index (χ0) is 26.9. The molecule has 0 bridgehead atoms. The summed E-state index contributed by atoms with van der Waals surface area (Å²) >= 11 is 7.04. The Labute approximate surface area is 222 Å². The third kappa shape index (κ3) is 6.93. The number of benzene rings is 2. The first-order chi connectivity index (χ1) is 17.8. The van der Waals surface area contributed by atoms with E-state index in [0.29, 0.717) is 17.1 Å². The first-order valence-corrected chi connectivity index (χ1v) is 12.3. The number of halogens is 1. The topological polar surface area (TPSA) is 121 Å². The second-order valence-corrected chi connectivity index (χ2v) is 8.70. The van der Waals surface area contributed by atoms with Gasteiger partial charge in [-0.15, -0.1) is 0 Å². The highest BCUT2D eigenvalue weighted by Gasteiger charge is 2.34. The molecule has 9 nitrogen and oxygen atoms in total. The van der Waals surface area contributed by atoms with Gasteiger partial charge < -0.3 is 24.1 Å². The summed E-state index contributed by atoms with van der Waals surface area (Å²) in [6, 6.07) is 11.3. The molecule has 194 valence electrons. The van der Waals surface area contributed by atoms with Crippen molar-refractivity contribution in [2.24, 2.45) is 4.99 Å². The molecule has 1 amide bonds. The van der Waals surface area contributed by atoms with Crippen LogP contribution in [0, 0.1) is 0 Å². The van der Waals surface area contributed by atoms with Gasteiger partial charge in [-0.2, -0.15) is 0 Å². The number of hydrogen-bond donors (Lipinski definition) is 1. The van der Waals surface area contributed by atoms with E-state index in [1.807, 2.05) is 0 Å². The van der Waals surface area contributed by atoms with Crippen LogP contribution in [0.5, 0.6) is 11.5 Å². The largest absolute Gasteiger partial charge is 0.506 e. The number of thioether (sulfide) groups is 1. The van der Waals surface area contributed by atoms with Gasteiger partial charge in [-0.1, -0.05) is 41.6 Å². The maximum Gasteiger partial charge on any atom is 0.344 e. The number of amides is 1. The van der Waals surface area contributed by atoms with Gasteiger partial charge in [-0.05, 0) is 49.8 Å². The van der Waals surface area contributed by atoms with Crippen LogP contribution in [-0.2, 0) is 19.1 Å². The number of esters is 2. The average molecular weight is 546 g/mol. The Kier molecular flexibility index (Phi) is 9.76. The molecule has 1 N–H and O–H groups in total. The van der Waals surface area contributed by atoms with Gasteiger partial charge in [0.05, 0.1) is 35.8 Å². The molecule has 0 saturated carbocycles. The van der Waals surface area contributed by atoms with E-state index in [-0.39, 0.29) is 51.7 Å². The summed E-state index contributed by atoms with van der Waals surface area (Å²) in [4.78, 5) is 41.3. The summed E-state index contributed by atoms with van der Waals surface area (Å²) in [5, 5.41) is 11.0. The van der Waals surface area contributed by atoms with Crippen LogP contribution in [0.2, 0.25) is 5.02 Å². The van der Waals surface area contributed by atoms with E-state index in [9.17, 15) is 19.5 Å². The Morgan fingerprint density at radius 2 is 1.78 bits per heavy atom. The van der Waals surface area contributed by atoms with Crippen LogP contribution in [-0.4, -0.2) is 54.9 Å². The fourth-order valence-electron chi connectivity index (χ4n) is 3.16. The summed E-state index contributed by atoms with van der Waals surface area (Å²) in [5.41, 5.74) is 0.511. The second-order valence-electron chi connectivity index (χ2n) is 7.26. The minimum Gasteiger partial charge on any atom is -0.506 e. The predicted molar refractivity (Wildman–Crippen MR) is 140 cm³/mol. The average Bonchev–Trinajstić information content (AvgIpc) is 3.17. The number of aliphatic hydroxyl groups excluding tert-OH is 1. The van der Waals surface area contributed by atoms with Crippen molar-refractivity contribution in [2.45, 2.75) is 13.8 Å². The van der Waals surface area contributed by atoms with Gasteiger partial charge in [-0.3, -0.25) is 4.79 Å². The molecule has 0 atom stereocenters. The van der Waals surface area contributed by atoms with Gasteiger partial charge in [-0.25, -0.2) is 14.6 Å². The van der Waals surface area contributed by atoms with Crippen molar-refractivity contribution >= 4 is 52.3 Å². The first kappa shape index (κ1) is 27.8. The molecule has 1 aliphatic rings. The predicted octanol–water partition coefficient (Wildman–Crippen LogP) is 4.99. The maximum absolute atomic E-state index is 12.8. The fourth-order valence-corrected chi connectivity index (χ4v) is 4.39. The third-order valence-electron chi connectivity index (χ3n) is 4.81. The highest BCUT2D eigenvalue weighted by atomic mass is 35.5. The lowest BCUT2D eigenvalue weighted by Crippen LogP contribution is -2.14.